The molecule has 0 aliphatic carbocycles. The molecular formula is C9H17N3O. The first-order valence-electron chi connectivity index (χ1n) is 4.74. The predicted molar refractivity (Wildman–Crippen MR) is 50.5 cm³/mol. The fourth-order valence-electron chi connectivity index (χ4n) is 1.11. The first-order chi connectivity index (χ1) is 6.36. The summed E-state index contributed by atoms with van der Waals surface area (Å²) in [6.45, 7) is 3.65. The molecule has 74 valence electrons. The fraction of sp³-hybridized carbons (Fsp3) is 0.778. The molecular weight excluding hydrogens is 166 g/mol. The number of unbranched alkanes of at least 4 members (excludes halogenated alkanes) is 1. The molecule has 4 heteroatoms. The van der Waals surface area contributed by atoms with Gasteiger partial charge in [0.2, 0.25) is 0 Å². The van der Waals surface area contributed by atoms with E-state index in [2.05, 4.69) is 17.2 Å². The summed E-state index contributed by atoms with van der Waals surface area (Å²) in [5.41, 5.74) is 1.08. The quantitative estimate of drug-likeness (QED) is 0.666. The largest absolute Gasteiger partial charge is 0.383 e. The predicted octanol–water partition coefficient (Wildman–Crippen LogP) is 1.27. The Kier molecular flexibility index (Phi) is 4.46. The number of methoxy groups -OCH3 is 1. The number of aromatic nitrogens is 3. The number of hydrogen-bond donors (Lipinski definition) is 0. The van der Waals surface area contributed by atoms with Gasteiger partial charge >= 0.3 is 0 Å². The summed E-state index contributed by atoms with van der Waals surface area (Å²) in [7, 11) is 1.69. The minimum atomic E-state index is 0.691. The second kappa shape index (κ2) is 5.70. The van der Waals surface area contributed by atoms with Crippen LogP contribution in [0.25, 0.3) is 0 Å². The number of aryl methyl sites for hydroxylation is 1. The van der Waals surface area contributed by atoms with E-state index in [1.807, 2.05) is 10.9 Å². The Hall–Kier alpha value is -0.900. The Balaban J connectivity index is 2.34. The zero-order valence-corrected chi connectivity index (χ0v) is 8.36. The van der Waals surface area contributed by atoms with Crippen LogP contribution < -0.4 is 0 Å². The smallest absolute Gasteiger partial charge is 0.0827 e. The fourth-order valence-corrected chi connectivity index (χ4v) is 1.11. The lowest BCUT2D eigenvalue weighted by atomic mass is 10.2. The molecule has 0 atom stereocenters. The van der Waals surface area contributed by atoms with Crippen LogP contribution in [0.2, 0.25) is 0 Å². The van der Waals surface area contributed by atoms with Gasteiger partial charge in [0.15, 0.2) is 0 Å². The Labute approximate surface area is 78.9 Å². The maximum Gasteiger partial charge on any atom is 0.0827 e. The molecule has 0 unspecified atom stereocenters. The van der Waals surface area contributed by atoms with E-state index in [4.69, 9.17) is 4.74 Å². The van der Waals surface area contributed by atoms with Gasteiger partial charge in [-0.1, -0.05) is 18.6 Å². The highest BCUT2D eigenvalue weighted by atomic mass is 16.5. The monoisotopic (exact) mass is 183 g/mol. The molecule has 0 saturated heterocycles. The third-order valence-electron chi connectivity index (χ3n) is 1.90. The Morgan fingerprint density at radius 2 is 2.38 bits per heavy atom. The van der Waals surface area contributed by atoms with E-state index in [9.17, 15) is 0 Å². The minimum Gasteiger partial charge on any atom is -0.383 e. The molecule has 0 aliphatic heterocycles. The van der Waals surface area contributed by atoms with Gasteiger partial charge in [-0.05, 0) is 12.8 Å². The summed E-state index contributed by atoms with van der Waals surface area (Å²) in [4.78, 5) is 0. The third kappa shape index (κ3) is 3.55. The molecule has 1 aromatic rings. The molecule has 0 aliphatic rings. The van der Waals surface area contributed by atoms with Crippen molar-refractivity contribution in [3.05, 3.63) is 11.9 Å². The van der Waals surface area contributed by atoms with Gasteiger partial charge in [-0.2, -0.15) is 0 Å². The van der Waals surface area contributed by atoms with Gasteiger partial charge < -0.3 is 4.74 Å². The Morgan fingerprint density at radius 1 is 1.54 bits per heavy atom. The van der Waals surface area contributed by atoms with Crippen molar-refractivity contribution in [2.75, 3.05) is 13.7 Å². The highest BCUT2D eigenvalue weighted by molar-refractivity contribution is 4.91. The van der Waals surface area contributed by atoms with Crippen LogP contribution >= 0.6 is 0 Å². The van der Waals surface area contributed by atoms with E-state index in [-0.39, 0.29) is 0 Å². The summed E-state index contributed by atoms with van der Waals surface area (Å²) < 4.78 is 6.78. The van der Waals surface area contributed by atoms with Crippen molar-refractivity contribution < 1.29 is 4.74 Å². The van der Waals surface area contributed by atoms with Crippen molar-refractivity contribution in [2.24, 2.45) is 0 Å². The van der Waals surface area contributed by atoms with E-state index in [0.717, 1.165) is 18.7 Å². The molecule has 1 aromatic heterocycles. The van der Waals surface area contributed by atoms with Crippen LogP contribution in [-0.2, 0) is 17.7 Å². The van der Waals surface area contributed by atoms with Gasteiger partial charge in [0.25, 0.3) is 0 Å². The second-order valence-corrected chi connectivity index (χ2v) is 3.07. The number of rotatable bonds is 6. The van der Waals surface area contributed by atoms with Crippen LogP contribution in [0.5, 0.6) is 0 Å². The molecule has 1 heterocycles. The maximum absolute atomic E-state index is 4.95. The highest BCUT2D eigenvalue weighted by Gasteiger charge is 1.98. The molecule has 1 rings (SSSR count). The van der Waals surface area contributed by atoms with E-state index < -0.39 is 0 Å². The van der Waals surface area contributed by atoms with Crippen molar-refractivity contribution >= 4 is 0 Å². The highest BCUT2D eigenvalue weighted by Crippen LogP contribution is 1.99. The molecule has 0 bridgehead atoms. The average molecular weight is 183 g/mol. The lowest BCUT2D eigenvalue weighted by Crippen LogP contribution is -2.04. The molecule has 0 spiro atoms. The van der Waals surface area contributed by atoms with Crippen LogP contribution in [-0.4, -0.2) is 28.7 Å². The molecule has 13 heavy (non-hydrogen) atoms. The van der Waals surface area contributed by atoms with E-state index >= 15 is 0 Å². The summed E-state index contributed by atoms with van der Waals surface area (Å²) in [5, 5.41) is 8.06. The van der Waals surface area contributed by atoms with Crippen molar-refractivity contribution in [2.45, 2.75) is 32.7 Å². The normalized spacial score (nSPS) is 10.6. The summed E-state index contributed by atoms with van der Waals surface area (Å²) in [6.07, 6.45) is 5.41. The number of nitrogens with zero attached hydrogens (tertiary/aromatic N) is 3. The lowest BCUT2D eigenvalue weighted by molar-refractivity contribution is 0.183. The SMILES string of the molecule is CCCCc1cn(CCOC)nn1. The molecule has 4 nitrogen and oxygen atoms in total. The van der Waals surface area contributed by atoms with Gasteiger partial charge in [0.05, 0.1) is 18.8 Å². The molecule has 0 aromatic carbocycles. The van der Waals surface area contributed by atoms with Gasteiger partial charge in [-0.15, -0.1) is 5.10 Å². The first kappa shape index (κ1) is 10.2. The first-order valence-corrected chi connectivity index (χ1v) is 4.74. The van der Waals surface area contributed by atoms with Crippen LogP contribution in [0.1, 0.15) is 25.5 Å². The maximum atomic E-state index is 4.95. The van der Waals surface area contributed by atoms with E-state index in [1.54, 1.807) is 7.11 Å². The summed E-state index contributed by atoms with van der Waals surface area (Å²) in [5.74, 6) is 0. The molecule has 0 amide bonds. The standard InChI is InChI=1S/C9H17N3O/c1-3-4-5-9-8-12(11-10-9)6-7-13-2/h8H,3-7H2,1-2H3. The van der Waals surface area contributed by atoms with Gasteiger partial charge in [0, 0.05) is 13.3 Å². The van der Waals surface area contributed by atoms with Crippen LogP contribution in [0.15, 0.2) is 6.20 Å². The van der Waals surface area contributed by atoms with Crippen molar-refractivity contribution in [1.29, 1.82) is 0 Å². The summed E-state index contributed by atoms with van der Waals surface area (Å²) in [6, 6.07) is 0. The van der Waals surface area contributed by atoms with Crippen molar-refractivity contribution in [3.63, 3.8) is 0 Å². The van der Waals surface area contributed by atoms with Crippen LogP contribution in [0.4, 0.5) is 0 Å². The van der Waals surface area contributed by atoms with E-state index in [1.165, 1.54) is 12.8 Å². The zero-order valence-electron chi connectivity index (χ0n) is 8.36. The lowest BCUT2D eigenvalue weighted by Gasteiger charge is -1.96. The molecule has 0 radical (unpaired) electrons. The second-order valence-electron chi connectivity index (χ2n) is 3.07. The van der Waals surface area contributed by atoms with Crippen LogP contribution in [0.3, 0.4) is 0 Å². The third-order valence-corrected chi connectivity index (χ3v) is 1.90. The van der Waals surface area contributed by atoms with Crippen LogP contribution in [0, 0.1) is 0 Å². The number of ether oxygens (including phenoxy) is 1. The van der Waals surface area contributed by atoms with Crippen molar-refractivity contribution in [1.82, 2.24) is 15.0 Å². The molecule has 0 N–H and O–H groups in total. The minimum absolute atomic E-state index is 0.691. The van der Waals surface area contributed by atoms with E-state index in [0.29, 0.717) is 6.61 Å². The van der Waals surface area contributed by atoms with Gasteiger partial charge in [-0.3, -0.25) is 0 Å². The van der Waals surface area contributed by atoms with Gasteiger partial charge in [-0.25, -0.2) is 4.68 Å². The molecule has 0 saturated carbocycles. The summed E-state index contributed by atoms with van der Waals surface area (Å²) >= 11 is 0. The Bertz CT molecular complexity index is 212. The molecule has 0 fully saturated rings. The van der Waals surface area contributed by atoms with Crippen molar-refractivity contribution in [3.8, 4) is 0 Å². The average Bonchev–Trinajstić information content (AvgIpc) is 2.59. The van der Waals surface area contributed by atoms with Gasteiger partial charge in [0.1, 0.15) is 0 Å². The number of hydrogen-bond acceptors (Lipinski definition) is 3. The zero-order chi connectivity index (χ0) is 9.52. The topological polar surface area (TPSA) is 39.9 Å². The Morgan fingerprint density at radius 3 is 3.08 bits per heavy atom.